The number of benzene rings is 1. The van der Waals surface area contributed by atoms with E-state index in [4.69, 9.17) is 0 Å². The highest BCUT2D eigenvalue weighted by atomic mass is 15.4. The van der Waals surface area contributed by atoms with Crippen molar-refractivity contribution in [2.75, 3.05) is 4.90 Å². The lowest BCUT2D eigenvalue weighted by atomic mass is 9.86. The second-order valence-corrected chi connectivity index (χ2v) is 9.06. The molecule has 2 nitrogen and oxygen atoms in total. The van der Waals surface area contributed by atoms with Crippen LogP contribution in [-0.2, 0) is 0 Å². The molecule has 1 aromatic carbocycles. The molecule has 2 atom stereocenters. The van der Waals surface area contributed by atoms with Crippen LogP contribution < -0.4 is 4.90 Å². The molecule has 5 rings (SSSR count). The van der Waals surface area contributed by atoms with Gasteiger partial charge in [-0.05, 0) is 63.0 Å². The van der Waals surface area contributed by atoms with E-state index in [1.807, 2.05) is 0 Å². The molecule has 0 N–H and O–H groups in total. The Labute approximate surface area is 166 Å². The van der Waals surface area contributed by atoms with Gasteiger partial charge in [-0.25, -0.2) is 0 Å². The van der Waals surface area contributed by atoms with Gasteiger partial charge in [-0.1, -0.05) is 56.4 Å². The van der Waals surface area contributed by atoms with Gasteiger partial charge in [0.15, 0.2) is 0 Å². The molecule has 27 heavy (non-hydrogen) atoms. The van der Waals surface area contributed by atoms with Crippen molar-refractivity contribution in [3.63, 3.8) is 0 Å². The first-order valence-electron chi connectivity index (χ1n) is 11.6. The van der Waals surface area contributed by atoms with Crippen LogP contribution in [0.1, 0.15) is 71.6 Å². The smallest absolute Gasteiger partial charge is 0.113 e. The van der Waals surface area contributed by atoms with E-state index in [-0.39, 0.29) is 0 Å². The molecule has 2 heterocycles. The Morgan fingerprint density at radius 2 is 1.56 bits per heavy atom. The highest BCUT2D eigenvalue weighted by Gasteiger charge is 2.46. The minimum Gasteiger partial charge on any atom is -0.328 e. The van der Waals surface area contributed by atoms with E-state index in [9.17, 15) is 1.37 Å². The molecule has 0 amide bonds. The van der Waals surface area contributed by atoms with Crippen molar-refractivity contribution in [1.29, 1.82) is 0 Å². The number of anilines is 1. The van der Waals surface area contributed by atoms with E-state index < -0.39 is 5.89 Å². The third-order valence-electron chi connectivity index (χ3n) is 7.44. The van der Waals surface area contributed by atoms with Gasteiger partial charge in [-0.2, -0.15) is 0 Å². The molecule has 4 aliphatic rings. The Morgan fingerprint density at radius 3 is 2.30 bits per heavy atom. The molecule has 2 aliphatic carbocycles. The number of hydrogen-bond donors (Lipinski definition) is 0. The van der Waals surface area contributed by atoms with Gasteiger partial charge in [-0.3, -0.25) is 0 Å². The molecule has 144 valence electrons. The maximum atomic E-state index is 9.53. The lowest BCUT2D eigenvalue weighted by Crippen LogP contribution is -2.44. The molecule has 0 saturated heterocycles. The minimum absolute atomic E-state index is 0.348. The van der Waals surface area contributed by atoms with Crippen LogP contribution in [0.15, 0.2) is 47.9 Å². The van der Waals surface area contributed by atoms with Crippen LogP contribution in [0.4, 0.5) is 5.69 Å². The molecule has 2 unspecified atom stereocenters. The van der Waals surface area contributed by atoms with Crippen LogP contribution in [0.2, 0.25) is 0 Å². The molecule has 0 spiro atoms. The Balaban J connectivity index is 1.60. The molecule has 0 bridgehead atoms. The maximum Gasteiger partial charge on any atom is 0.113 e. The number of fused-ring (bicyclic) bond motifs is 1. The fraction of sp³-hybridized carbons (Fsp3) is 0.600. The SMILES string of the molecule is [2H]C1(C2CCCC2)C=CN2C1=C(C)N(c1ccccc1C)C2C1CCCCC1. The zero-order valence-electron chi connectivity index (χ0n) is 18.0. The number of para-hydroxylation sites is 1. The van der Waals surface area contributed by atoms with Gasteiger partial charge in [0.05, 0.1) is 0 Å². The van der Waals surface area contributed by atoms with Crippen LogP contribution in [0.25, 0.3) is 0 Å². The van der Waals surface area contributed by atoms with Crippen LogP contribution in [0.3, 0.4) is 0 Å². The summed E-state index contributed by atoms with van der Waals surface area (Å²) in [7, 11) is 0. The van der Waals surface area contributed by atoms with Crippen molar-refractivity contribution in [3.05, 3.63) is 53.5 Å². The van der Waals surface area contributed by atoms with Gasteiger partial charge in [0, 0.05) is 30.5 Å². The Hall–Kier alpha value is -1.70. The summed E-state index contributed by atoms with van der Waals surface area (Å²) in [5.41, 5.74) is 5.26. The second kappa shape index (κ2) is 7.04. The monoisotopic (exact) mass is 363 g/mol. The van der Waals surface area contributed by atoms with Crippen molar-refractivity contribution in [1.82, 2.24) is 4.90 Å². The number of nitrogens with zero attached hydrogens (tertiary/aromatic N) is 2. The van der Waals surface area contributed by atoms with Crippen LogP contribution in [0, 0.1) is 24.7 Å². The predicted molar refractivity (Wildman–Crippen MR) is 113 cm³/mol. The summed E-state index contributed by atoms with van der Waals surface area (Å²) in [4.78, 5) is 5.12. The molecule has 2 fully saturated rings. The molecule has 1 aromatic rings. The number of hydrogen-bond acceptors (Lipinski definition) is 2. The summed E-state index contributed by atoms with van der Waals surface area (Å²) in [5.74, 6) is 0.615. The lowest BCUT2D eigenvalue weighted by Gasteiger charge is -2.40. The van der Waals surface area contributed by atoms with Gasteiger partial charge in [0.2, 0.25) is 0 Å². The number of rotatable bonds is 3. The molecule has 0 aromatic heterocycles. The molecule has 2 aliphatic heterocycles. The predicted octanol–water partition coefficient (Wildman–Crippen LogP) is 6.59. The summed E-state index contributed by atoms with van der Waals surface area (Å²) >= 11 is 0. The molecule has 2 heteroatoms. The second-order valence-electron chi connectivity index (χ2n) is 9.06. The summed E-state index contributed by atoms with van der Waals surface area (Å²) < 4.78 is 9.53. The minimum atomic E-state index is -0.537. The average molecular weight is 364 g/mol. The number of aryl methyl sites for hydroxylation is 1. The lowest BCUT2D eigenvalue weighted by molar-refractivity contribution is 0.207. The third kappa shape index (κ3) is 2.83. The van der Waals surface area contributed by atoms with Crippen molar-refractivity contribution in [2.45, 2.75) is 77.8 Å². The molecule has 2 saturated carbocycles. The Kier molecular flexibility index (Phi) is 4.24. The van der Waals surface area contributed by atoms with Gasteiger partial charge in [0.25, 0.3) is 0 Å². The van der Waals surface area contributed by atoms with E-state index in [1.54, 1.807) is 0 Å². The largest absolute Gasteiger partial charge is 0.328 e. The van der Waals surface area contributed by atoms with Crippen molar-refractivity contribution in [3.8, 4) is 0 Å². The fourth-order valence-corrected chi connectivity index (χ4v) is 6.11. The van der Waals surface area contributed by atoms with Gasteiger partial charge < -0.3 is 9.80 Å². The normalized spacial score (nSPS) is 32.5. The topological polar surface area (TPSA) is 6.48 Å². The van der Waals surface area contributed by atoms with E-state index in [0.717, 1.165) is 0 Å². The van der Waals surface area contributed by atoms with Crippen LogP contribution in [-0.4, -0.2) is 11.1 Å². The number of allylic oxidation sites excluding steroid dienone is 2. The Bertz CT molecular complexity index is 801. The van der Waals surface area contributed by atoms with E-state index in [0.29, 0.717) is 18.0 Å². The third-order valence-corrected chi connectivity index (χ3v) is 7.44. The highest BCUT2D eigenvalue weighted by Crippen LogP contribution is 2.50. The summed E-state index contributed by atoms with van der Waals surface area (Å²) in [6.45, 7) is 4.51. The Morgan fingerprint density at radius 1 is 0.889 bits per heavy atom. The first kappa shape index (κ1) is 16.3. The van der Waals surface area contributed by atoms with Crippen LogP contribution in [0.5, 0.6) is 0 Å². The van der Waals surface area contributed by atoms with E-state index in [2.05, 4.69) is 60.2 Å². The maximum absolute atomic E-state index is 9.53. The van der Waals surface area contributed by atoms with Gasteiger partial charge in [-0.15, -0.1) is 0 Å². The summed E-state index contributed by atoms with van der Waals surface area (Å²) in [5, 5.41) is 0. The first-order valence-corrected chi connectivity index (χ1v) is 11.1. The van der Waals surface area contributed by atoms with Crippen molar-refractivity contribution < 1.29 is 1.37 Å². The molecular weight excluding hydrogens is 328 g/mol. The summed E-state index contributed by atoms with van der Waals surface area (Å²) in [6, 6.07) is 8.82. The van der Waals surface area contributed by atoms with Gasteiger partial charge >= 0.3 is 0 Å². The quantitative estimate of drug-likeness (QED) is 0.598. The zero-order valence-corrected chi connectivity index (χ0v) is 17.0. The van der Waals surface area contributed by atoms with Gasteiger partial charge in [0.1, 0.15) is 6.17 Å². The fourth-order valence-electron chi connectivity index (χ4n) is 6.11. The van der Waals surface area contributed by atoms with E-state index in [1.165, 1.54) is 80.4 Å². The highest BCUT2D eigenvalue weighted by molar-refractivity contribution is 5.62. The average Bonchev–Trinajstić information content (AvgIpc) is 3.42. The molecular formula is C25H34N2. The summed E-state index contributed by atoms with van der Waals surface area (Å²) in [6.07, 6.45) is 16.6. The zero-order chi connectivity index (χ0) is 19.3. The van der Waals surface area contributed by atoms with E-state index >= 15 is 0 Å². The molecule has 0 radical (unpaired) electrons. The van der Waals surface area contributed by atoms with Crippen molar-refractivity contribution >= 4 is 5.69 Å². The van der Waals surface area contributed by atoms with Crippen LogP contribution >= 0.6 is 0 Å². The standard InChI is InChI=1S/C25H34N2/c1-18-10-6-9-15-23(18)27-19(2)24-22(20-11-7-8-12-20)16-17-26(24)25(27)21-13-4-3-5-14-21/h6,9-10,15-17,20-22,25H,3-5,7-8,11-14H2,1-2H3/i22D. The van der Waals surface area contributed by atoms with Crippen molar-refractivity contribution in [2.24, 2.45) is 17.7 Å². The first-order chi connectivity index (χ1) is 13.6.